The van der Waals surface area contributed by atoms with Crippen LogP contribution in [0.1, 0.15) is 118 Å². The zero-order chi connectivity index (χ0) is 73.8. The van der Waals surface area contributed by atoms with Gasteiger partial charge >= 0.3 is 6.15 Å². The van der Waals surface area contributed by atoms with Gasteiger partial charge < -0.3 is 107 Å². The lowest BCUT2D eigenvalue weighted by molar-refractivity contribution is -0.333. The molecule has 7 aliphatic heterocycles. The first-order valence-corrected chi connectivity index (χ1v) is 33.3. The van der Waals surface area contributed by atoms with Crippen molar-refractivity contribution < 1.29 is 113 Å². The monoisotopic (exact) mass is 1460 g/mol. The number of Topliss-reactive ketones (excluding diaryl/α,β-unsaturated/α-hetero) is 2. The molecule has 17 N–H and O–H groups in total. The highest BCUT2D eigenvalue weighted by molar-refractivity contribution is 7.80. The molecule has 32 heteroatoms. The number of ketones is 2. The first kappa shape index (κ1) is 76.9. The second kappa shape index (κ2) is 32.4. The Morgan fingerprint density at radius 2 is 1.42 bits per heavy atom. The Hall–Kier alpha value is -8.27. The number of likely N-dealkylation sites (N-methyl/N-ethyl adjacent to an activating group) is 1. The van der Waals surface area contributed by atoms with Crippen molar-refractivity contribution >= 4 is 81.6 Å². The van der Waals surface area contributed by atoms with Gasteiger partial charge in [0, 0.05) is 65.7 Å². The van der Waals surface area contributed by atoms with E-state index in [1.54, 1.807) is 6.92 Å². The second-order valence-electron chi connectivity index (χ2n) is 26.2. The fourth-order valence-electron chi connectivity index (χ4n) is 13.0. The minimum absolute atomic E-state index is 0.0120. The first-order chi connectivity index (χ1) is 47.7. The van der Waals surface area contributed by atoms with E-state index in [1.807, 2.05) is 13.8 Å². The third-order valence-corrected chi connectivity index (χ3v) is 19.3. The molecule has 0 spiro atoms. The number of aliphatic hydroxyl groups excluding tert-OH is 6. The van der Waals surface area contributed by atoms with Crippen LogP contribution in [-0.2, 0) is 59.1 Å². The Balaban J connectivity index is 0.00000389. The normalized spacial score (nSPS) is 28.7. The molecule has 0 aliphatic carbocycles. The summed E-state index contributed by atoms with van der Waals surface area (Å²) in [6.07, 6.45) is -18.9. The molecule has 2 saturated heterocycles. The SMILES string of the molecule is CN[C@H](CC(C)C)C(=O)N[C@H]1C(=O)C[C@@H](CC(N)=O)C(=O)N[C@H]2C(=S)C[C@@H]3C(=O)C[C@H](C(=O)NCc4cc(O)cc(O)c4-c4cc3ccc4O)[C@H](O)c3ccc(c(Cl)c3)Oc3cc2cc(c3OC2OC(CO)C(O)[C@H](O)[C@H]2O[C@H]2CC(C)(N)[C@H](O)[C@H](C)O2)Oc2ccc(cc2Cl)[C@H]1O.O=C=O. The van der Waals surface area contributed by atoms with Crippen molar-refractivity contribution in [3.05, 3.63) is 117 Å². The predicted molar refractivity (Wildman–Crippen MR) is 359 cm³/mol. The smallest absolute Gasteiger partial charge is 0.373 e. The number of carbonyl (C=O) groups is 6. The molecular weight excluding hydrogens is 1380 g/mol. The number of aliphatic hydroxyl groups is 6. The fourth-order valence-corrected chi connectivity index (χ4v) is 13.9. The Kier molecular flexibility index (Phi) is 24.6. The Morgan fingerprint density at radius 3 is 2.00 bits per heavy atom. The molecule has 4 amide bonds. The third kappa shape index (κ3) is 17.3. The number of rotatable bonds is 12. The number of phenolic OH excluding ortho intramolecular Hbond substituents is 3. The van der Waals surface area contributed by atoms with Crippen LogP contribution in [0.25, 0.3) is 11.1 Å². The number of benzene rings is 5. The maximum absolute atomic E-state index is 15.6. The lowest BCUT2D eigenvalue weighted by Gasteiger charge is -2.47. The molecule has 12 rings (SSSR count). The van der Waals surface area contributed by atoms with Gasteiger partial charge in [-0.1, -0.05) is 67.5 Å². The molecule has 17 atom stereocenters. The second-order valence-corrected chi connectivity index (χ2v) is 27.5. The Bertz CT molecular complexity index is 4030. The van der Waals surface area contributed by atoms with E-state index < -0.39 is 211 Å². The topological polar surface area (TPSA) is 474 Å². The molecular formula is C69H78Cl2N6O23S. The summed E-state index contributed by atoms with van der Waals surface area (Å²) in [4.78, 5) is 104. The van der Waals surface area contributed by atoms with Gasteiger partial charge in [-0.05, 0) is 122 Å². The largest absolute Gasteiger partial charge is 0.508 e. The number of phenols is 3. The number of aromatic hydroxyl groups is 3. The van der Waals surface area contributed by atoms with Gasteiger partial charge in [0.2, 0.25) is 35.7 Å². The van der Waals surface area contributed by atoms with Crippen LogP contribution in [0.5, 0.6) is 46.0 Å². The van der Waals surface area contributed by atoms with Gasteiger partial charge in [0.05, 0.1) is 58.9 Å². The van der Waals surface area contributed by atoms with Crippen LogP contribution < -0.4 is 46.9 Å². The molecule has 542 valence electrons. The van der Waals surface area contributed by atoms with Crippen molar-refractivity contribution in [1.82, 2.24) is 21.3 Å². The maximum atomic E-state index is 15.6. The minimum atomic E-state index is -1.95. The van der Waals surface area contributed by atoms with Crippen molar-refractivity contribution in [1.29, 1.82) is 0 Å². The zero-order valence-corrected chi connectivity index (χ0v) is 57.4. The molecule has 0 radical (unpaired) electrons. The molecule has 5 aromatic rings. The molecule has 5 aromatic carbocycles. The summed E-state index contributed by atoms with van der Waals surface area (Å²) < 4.78 is 38.8. The van der Waals surface area contributed by atoms with Crippen LogP contribution in [0, 0.1) is 17.8 Å². The van der Waals surface area contributed by atoms with Gasteiger partial charge in [-0.2, -0.15) is 9.59 Å². The average Bonchev–Trinajstić information content (AvgIpc) is 0.767. The number of ether oxygens (including phenoxy) is 6. The van der Waals surface area contributed by atoms with Crippen molar-refractivity contribution in [3.8, 4) is 57.1 Å². The van der Waals surface area contributed by atoms with Crippen molar-refractivity contribution in [2.45, 2.75) is 164 Å². The lowest BCUT2D eigenvalue weighted by atomic mass is 9.80. The van der Waals surface area contributed by atoms with Gasteiger partial charge in [-0.25, -0.2) is 0 Å². The number of halogens is 2. The molecule has 101 heavy (non-hydrogen) atoms. The van der Waals surface area contributed by atoms with E-state index in [-0.39, 0.29) is 90.3 Å². The van der Waals surface area contributed by atoms with Crippen LogP contribution in [0.3, 0.4) is 0 Å². The molecule has 7 heterocycles. The predicted octanol–water partition coefficient (Wildman–Crippen LogP) is 3.76. The van der Waals surface area contributed by atoms with Crippen LogP contribution in [0.2, 0.25) is 10.0 Å². The van der Waals surface area contributed by atoms with Crippen LogP contribution in [0.15, 0.2) is 78.9 Å². The highest BCUT2D eigenvalue weighted by Crippen LogP contribution is 2.50. The number of fused-ring (bicyclic) bond motifs is 15. The molecule has 0 aromatic heterocycles. The number of nitrogens with one attached hydrogen (secondary N) is 4. The number of hydrogen-bond donors (Lipinski definition) is 15. The number of amides is 4. The van der Waals surface area contributed by atoms with E-state index in [9.17, 15) is 65.1 Å². The van der Waals surface area contributed by atoms with E-state index in [0.717, 1.165) is 6.07 Å². The van der Waals surface area contributed by atoms with Gasteiger partial charge in [0.15, 0.2) is 29.7 Å². The fraction of sp³-hybridized carbons (Fsp3) is 0.449. The summed E-state index contributed by atoms with van der Waals surface area (Å²) in [5.41, 5.74) is 11.0. The van der Waals surface area contributed by atoms with E-state index in [2.05, 4.69) is 21.3 Å². The third-order valence-electron chi connectivity index (χ3n) is 18.3. The lowest BCUT2D eigenvalue weighted by Crippen LogP contribution is -2.64. The van der Waals surface area contributed by atoms with Crippen LogP contribution in [0.4, 0.5) is 0 Å². The zero-order valence-electron chi connectivity index (χ0n) is 55.0. The van der Waals surface area contributed by atoms with Gasteiger partial charge in [-0.3, -0.25) is 28.8 Å². The van der Waals surface area contributed by atoms with Gasteiger partial charge in [0.25, 0.3) is 0 Å². The summed E-state index contributed by atoms with van der Waals surface area (Å²) in [5, 5.41) is 114. The van der Waals surface area contributed by atoms with Crippen molar-refractivity contribution in [2.24, 2.45) is 29.2 Å². The molecule has 7 aliphatic rings. The number of primary amides is 1. The molecule has 11 bridgehead atoms. The number of carbonyl (C=O) groups excluding carboxylic acids is 8. The van der Waals surface area contributed by atoms with E-state index in [1.165, 1.54) is 86.8 Å². The summed E-state index contributed by atoms with van der Waals surface area (Å²) in [6.45, 7) is 5.50. The van der Waals surface area contributed by atoms with Gasteiger partial charge in [0.1, 0.15) is 65.0 Å². The number of thiocarbonyl (C=S) groups is 1. The number of hydrogen-bond acceptors (Lipinski definition) is 26. The first-order valence-electron chi connectivity index (χ1n) is 32.1. The minimum Gasteiger partial charge on any atom is -0.508 e. The van der Waals surface area contributed by atoms with Crippen molar-refractivity contribution in [2.75, 3.05) is 13.7 Å². The quantitative estimate of drug-likeness (QED) is 0.0791. The molecule has 2 fully saturated rings. The van der Waals surface area contributed by atoms with E-state index in [4.69, 9.17) is 84.9 Å². The maximum Gasteiger partial charge on any atom is 0.373 e. The summed E-state index contributed by atoms with van der Waals surface area (Å²) >= 11 is 20.7. The molecule has 29 nitrogen and oxygen atoms in total. The standard InChI is InChI=1S/C68H78Cl2N6O21S.CO2/c1-27(2)12-41(73-5)66(91)76-56-45(82)17-33(20-52(71)83)64(89)75-55-32-18-48(61(49(19-32)94-47-11-8-31(58(56)85)16-40(47)70)97-67-62(60(87)59(86)50(26-77)95-67)96-53-24-68(4,72)63(88)28(3)92-53)93-46-10-7-30(15-39(46)69)57(84)38-22-43(80)36(23-51(55)98)29-6-9-42(79)37(14-29)54-34(25-74-65(38)90)13-35(78)21-44(54)81;2-1-3/h6-11,13-16,18-19,21,27-28,33,36,38,41,50,53,55-60,62-63,67,73,77-79,81,84-88H,12,17,20,22-26,72H2,1-5H3,(H2,71,83)(H,74,90)(H,75,89)(H,76,91);/t28-,33-,36-,38-,41+,50?,53-,55+,56-,57+,58+,59?,60-,62+,63+,67?,68?;/m0./s1. The molecule has 0 saturated carbocycles. The molecule has 4 unspecified atom stereocenters. The van der Waals surface area contributed by atoms with Gasteiger partial charge in [-0.15, -0.1) is 0 Å². The van der Waals surface area contributed by atoms with Crippen LogP contribution in [-0.4, -0.2) is 173 Å². The van der Waals surface area contributed by atoms with Crippen LogP contribution >= 0.6 is 35.4 Å². The summed E-state index contributed by atoms with van der Waals surface area (Å²) in [5.74, 6) is -13.5. The Morgan fingerprint density at radius 1 is 0.792 bits per heavy atom. The summed E-state index contributed by atoms with van der Waals surface area (Å²) in [7, 11) is 1.53. The summed E-state index contributed by atoms with van der Waals surface area (Å²) in [6, 6.07) is 12.1. The highest BCUT2D eigenvalue weighted by atomic mass is 35.5. The van der Waals surface area contributed by atoms with E-state index >= 15 is 9.59 Å². The highest BCUT2D eigenvalue weighted by Gasteiger charge is 2.51. The number of nitrogens with two attached hydrogens (primary N) is 2. The average molecular weight is 1460 g/mol. The van der Waals surface area contributed by atoms with Crippen molar-refractivity contribution in [3.63, 3.8) is 0 Å². The Labute approximate surface area is 593 Å². The van der Waals surface area contributed by atoms with E-state index in [0.29, 0.717) is 0 Å².